The molecule has 1 aromatic heterocycles. The fourth-order valence-corrected chi connectivity index (χ4v) is 4.56. The van der Waals surface area contributed by atoms with Crippen LogP contribution in [0.4, 0.5) is 5.13 Å². The minimum atomic E-state index is -0.222. The molecule has 3 rings (SSSR count). The molecule has 0 saturated carbocycles. The van der Waals surface area contributed by atoms with Crippen molar-refractivity contribution in [2.75, 3.05) is 51.3 Å². The zero-order valence-electron chi connectivity index (χ0n) is 19.8. The number of carbonyl (C=O) groups excluding carboxylic acids is 2. The highest BCUT2D eigenvalue weighted by molar-refractivity contribution is 7.15. The monoisotopic (exact) mass is 472 g/mol. The van der Waals surface area contributed by atoms with Crippen molar-refractivity contribution in [3.05, 3.63) is 46.5 Å². The van der Waals surface area contributed by atoms with E-state index in [4.69, 9.17) is 4.74 Å². The number of anilines is 1. The molecule has 0 spiro atoms. The Morgan fingerprint density at radius 3 is 2.58 bits per heavy atom. The number of hydrogen-bond donors (Lipinski definition) is 1. The number of morpholine rings is 1. The molecule has 33 heavy (non-hydrogen) atoms. The van der Waals surface area contributed by atoms with Gasteiger partial charge in [0.25, 0.3) is 5.91 Å². The Balaban J connectivity index is 1.61. The van der Waals surface area contributed by atoms with Gasteiger partial charge in [0, 0.05) is 42.8 Å². The van der Waals surface area contributed by atoms with Crippen molar-refractivity contribution in [1.82, 2.24) is 14.8 Å². The molecule has 2 aromatic rings. The Hall–Kier alpha value is -2.29. The van der Waals surface area contributed by atoms with Gasteiger partial charge < -0.3 is 15.0 Å². The maximum Gasteiger partial charge on any atom is 0.254 e. The maximum absolute atomic E-state index is 13.3. The van der Waals surface area contributed by atoms with Gasteiger partial charge in [0.05, 0.1) is 13.2 Å². The van der Waals surface area contributed by atoms with Gasteiger partial charge in [-0.3, -0.25) is 14.5 Å². The molecule has 180 valence electrons. The first-order valence-corrected chi connectivity index (χ1v) is 12.8. The second kappa shape index (κ2) is 13.4. The topological polar surface area (TPSA) is 74.8 Å². The number of hydrogen-bond acceptors (Lipinski definition) is 6. The van der Waals surface area contributed by atoms with Crippen LogP contribution in [-0.4, -0.2) is 72.5 Å². The van der Waals surface area contributed by atoms with Crippen molar-refractivity contribution in [2.45, 2.75) is 46.0 Å². The molecular formula is C25H36N4O3S. The van der Waals surface area contributed by atoms with E-state index < -0.39 is 0 Å². The molecule has 2 amide bonds. The molecule has 1 aliphatic heterocycles. The van der Waals surface area contributed by atoms with Crippen LogP contribution in [-0.2, 0) is 16.0 Å². The van der Waals surface area contributed by atoms with Gasteiger partial charge in [-0.2, -0.15) is 0 Å². The molecule has 1 aliphatic rings. The summed E-state index contributed by atoms with van der Waals surface area (Å²) in [6.45, 7) is 8.90. The lowest BCUT2D eigenvalue weighted by Crippen LogP contribution is -2.41. The minimum absolute atomic E-state index is 0.0127. The summed E-state index contributed by atoms with van der Waals surface area (Å²) in [7, 11) is 0. The van der Waals surface area contributed by atoms with Crippen molar-refractivity contribution in [3.8, 4) is 0 Å². The SMILES string of the molecule is CCCCCc1ccc(C(=O)N(CCCN2CCOCC2)CC(=O)Nc2ncc(C)s2)cc1. The Bertz CT molecular complexity index is 878. The number of nitrogens with zero attached hydrogens (tertiary/aromatic N) is 3. The predicted octanol–water partition coefficient (Wildman–Crippen LogP) is 3.99. The summed E-state index contributed by atoms with van der Waals surface area (Å²) in [5, 5.41) is 3.39. The third-order valence-electron chi connectivity index (χ3n) is 5.77. The average Bonchev–Trinajstić information content (AvgIpc) is 3.23. The average molecular weight is 473 g/mol. The van der Waals surface area contributed by atoms with Crippen LogP contribution >= 0.6 is 11.3 Å². The van der Waals surface area contributed by atoms with Gasteiger partial charge in [-0.15, -0.1) is 11.3 Å². The number of rotatable bonds is 12. The van der Waals surface area contributed by atoms with Crippen molar-refractivity contribution in [3.63, 3.8) is 0 Å². The third-order valence-corrected chi connectivity index (χ3v) is 6.59. The van der Waals surface area contributed by atoms with Gasteiger partial charge in [0.15, 0.2) is 5.13 Å². The number of nitrogens with one attached hydrogen (secondary N) is 1. The van der Waals surface area contributed by atoms with E-state index >= 15 is 0 Å². The summed E-state index contributed by atoms with van der Waals surface area (Å²) in [6, 6.07) is 7.85. The third kappa shape index (κ3) is 8.53. The first kappa shape index (κ1) is 25.3. The Kier molecular flexibility index (Phi) is 10.3. The first-order chi connectivity index (χ1) is 16.0. The van der Waals surface area contributed by atoms with Crippen LogP contribution in [0, 0.1) is 6.92 Å². The van der Waals surface area contributed by atoms with Crippen LogP contribution in [0.1, 0.15) is 53.4 Å². The number of thiazole rings is 1. The number of ether oxygens (including phenoxy) is 1. The zero-order chi connectivity index (χ0) is 23.5. The summed E-state index contributed by atoms with van der Waals surface area (Å²) in [5.41, 5.74) is 1.87. The highest BCUT2D eigenvalue weighted by Crippen LogP contribution is 2.17. The maximum atomic E-state index is 13.3. The predicted molar refractivity (Wildman–Crippen MR) is 133 cm³/mol. The highest BCUT2D eigenvalue weighted by Gasteiger charge is 2.20. The molecule has 0 radical (unpaired) electrons. The summed E-state index contributed by atoms with van der Waals surface area (Å²) in [4.78, 5) is 35.2. The van der Waals surface area contributed by atoms with Gasteiger partial charge in [-0.05, 0) is 43.9 Å². The number of unbranched alkanes of at least 4 members (excludes halogenated alkanes) is 2. The number of aromatic nitrogens is 1. The molecule has 1 N–H and O–H groups in total. The second-order valence-corrected chi connectivity index (χ2v) is 9.75. The highest BCUT2D eigenvalue weighted by atomic mass is 32.1. The molecule has 0 bridgehead atoms. The van der Waals surface area contributed by atoms with Gasteiger partial charge in [0.2, 0.25) is 5.91 Å². The van der Waals surface area contributed by atoms with Crippen LogP contribution < -0.4 is 5.32 Å². The second-order valence-electron chi connectivity index (χ2n) is 8.51. The van der Waals surface area contributed by atoms with Crippen molar-refractivity contribution in [1.29, 1.82) is 0 Å². The molecule has 0 atom stereocenters. The number of carbonyl (C=O) groups is 2. The van der Waals surface area contributed by atoms with Gasteiger partial charge in [0.1, 0.15) is 6.54 Å². The van der Waals surface area contributed by atoms with Crippen LogP contribution in [0.2, 0.25) is 0 Å². The quantitative estimate of drug-likeness (QED) is 0.473. The van der Waals surface area contributed by atoms with E-state index in [1.165, 1.54) is 29.7 Å². The van der Waals surface area contributed by atoms with E-state index in [2.05, 4.69) is 22.1 Å². The van der Waals surface area contributed by atoms with E-state index in [1.54, 1.807) is 11.1 Å². The van der Waals surface area contributed by atoms with Gasteiger partial charge in [-0.25, -0.2) is 4.98 Å². The molecule has 2 heterocycles. The molecule has 8 heteroatoms. The molecular weight excluding hydrogens is 436 g/mol. The summed E-state index contributed by atoms with van der Waals surface area (Å²) < 4.78 is 5.41. The number of benzene rings is 1. The minimum Gasteiger partial charge on any atom is -0.379 e. The van der Waals surface area contributed by atoms with Crippen LogP contribution in [0.3, 0.4) is 0 Å². The van der Waals surface area contributed by atoms with E-state index in [0.717, 1.165) is 57.0 Å². The molecule has 0 aliphatic carbocycles. The fraction of sp³-hybridized carbons (Fsp3) is 0.560. The Morgan fingerprint density at radius 2 is 1.91 bits per heavy atom. The molecule has 1 aromatic carbocycles. The number of amides is 2. The Labute approximate surface area is 201 Å². The van der Waals surface area contributed by atoms with Crippen molar-refractivity contribution >= 4 is 28.3 Å². The lowest BCUT2D eigenvalue weighted by atomic mass is 10.0. The van der Waals surface area contributed by atoms with E-state index in [0.29, 0.717) is 17.2 Å². The smallest absolute Gasteiger partial charge is 0.254 e. The van der Waals surface area contributed by atoms with Crippen LogP contribution in [0.25, 0.3) is 0 Å². The normalized spacial score (nSPS) is 14.2. The standard InChI is InChI=1S/C25H36N4O3S/c1-3-4-5-7-21-8-10-22(11-9-21)24(31)29(13-6-12-28-14-16-32-17-15-28)19-23(30)27-25-26-18-20(2)33-25/h8-11,18H,3-7,12-17,19H2,1-2H3,(H,26,27,30). The van der Waals surface area contributed by atoms with Crippen LogP contribution in [0.15, 0.2) is 30.5 Å². The van der Waals surface area contributed by atoms with Crippen LogP contribution in [0.5, 0.6) is 0 Å². The first-order valence-electron chi connectivity index (χ1n) is 12.0. The number of aryl methyl sites for hydroxylation is 2. The van der Waals surface area contributed by atoms with Gasteiger partial charge >= 0.3 is 0 Å². The fourth-order valence-electron chi connectivity index (χ4n) is 3.88. The van der Waals surface area contributed by atoms with Crippen molar-refractivity contribution < 1.29 is 14.3 Å². The van der Waals surface area contributed by atoms with E-state index in [9.17, 15) is 9.59 Å². The summed E-state index contributed by atoms with van der Waals surface area (Å²) in [5.74, 6) is -0.331. The Morgan fingerprint density at radius 1 is 1.15 bits per heavy atom. The van der Waals surface area contributed by atoms with E-state index in [-0.39, 0.29) is 18.4 Å². The molecule has 1 fully saturated rings. The zero-order valence-corrected chi connectivity index (χ0v) is 20.7. The summed E-state index contributed by atoms with van der Waals surface area (Å²) in [6.07, 6.45) is 7.14. The molecule has 7 nitrogen and oxygen atoms in total. The summed E-state index contributed by atoms with van der Waals surface area (Å²) >= 11 is 1.43. The lowest BCUT2D eigenvalue weighted by Gasteiger charge is -2.28. The largest absolute Gasteiger partial charge is 0.379 e. The van der Waals surface area contributed by atoms with E-state index in [1.807, 2.05) is 31.2 Å². The van der Waals surface area contributed by atoms with Gasteiger partial charge in [-0.1, -0.05) is 31.9 Å². The van der Waals surface area contributed by atoms with Crippen molar-refractivity contribution in [2.24, 2.45) is 0 Å². The molecule has 0 unspecified atom stereocenters. The molecule has 1 saturated heterocycles. The lowest BCUT2D eigenvalue weighted by molar-refractivity contribution is -0.116.